The fourth-order valence-corrected chi connectivity index (χ4v) is 5.09. The summed E-state index contributed by atoms with van der Waals surface area (Å²) in [7, 11) is 1.86. The monoisotopic (exact) mass is 512 g/mol. The van der Waals surface area contributed by atoms with Gasteiger partial charge in [0.2, 0.25) is 0 Å². The highest BCUT2D eigenvalue weighted by atomic mass is 19.1. The lowest BCUT2D eigenvalue weighted by atomic mass is 9.88. The van der Waals surface area contributed by atoms with Crippen molar-refractivity contribution in [3.05, 3.63) is 35.4 Å². The maximum absolute atomic E-state index is 14.7. The second-order valence-electron chi connectivity index (χ2n) is 9.53. The van der Waals surface area contributed by atoms with E-state index in [0.29, 0.717) is 38.4 Å². The van der Waals surface area contributed by atoms with Gasteiger partial charge >= 0.3 is 12.1 Å². The SMILES string of the molecule is CNC[C@H](CC1CCOCC1)NC(=O)N1CCC[C@@H](C(OCCNC(=O)O)c2cc(F)ccc2F)C1. The van der Waals surface area contributed by atoms with Crippen molar-refractivity contribution in [3.8, 4) is 0 Å². The normalized spacial score (nSPS) is 20.5. The third kappa shape index (κ3) is 8.56. The molecule has 202 valence electrons. The first-order valence-electron chi connectivity index (χ1n) is 12.7. The van der Waals surface area contributed by atoms with Gasteiger partial charge in [-0.1, -0.05) is 0 Å². The molecule has 0 aromatic heterocycles. The number of carbonyl (C=O) groups excluding carboxylic acids is 1. The molecular formula is C25H38F2N4O5. The average molecular weight is 513 g/mol. The van der Waals surface area contributed by atoms with Crippen molar-refractivity contribution in [1.29, 1.82) is 0 Å². The number of piperidine rings is 1. The molecule has 3 amide bonds. The topological polar surface area (TPSA) is 112 Å². The van der Waals surface area contributed by atoms with Gasteiger partial charge in [0.1, 0.15) is 11.6 Å². The number of urea groups is 1. The highest BCUT2D eigenvalue weighted by molar-refractivity contribution is 5.74. The summed E-state index contributed by atoms with van der Waals surface area (Å²) in [5, 5.41) is 17.3. The Morgan fingerprint density at radius 3 is 2.75 bits per heavy atom. The van der Waals surface area contributed by atoms with Gasteiger partial charge in [-0.3, -0.25) is 0 Å². The summed E-state index contributed by atoms with van der Waals surface area (Å²) in [6.45, 7) is 3.03. The lowest BCUT2D eigenvalue weighted by Crippen LogP contribution is -2.52. The Hall–Kier alpha value is -2.50. The van der Waals surface area contributed by atoms with Gasteiger partial charge in [0.15, 0.2) is 0 Å². The van der Waals surface area contributed by atoms with Crippen molar-refractivity contribution in [3.63, 3.8) is 0 Å². The van der Waals surface area contributed by atoms with Crippen LogP contribution in [0.2, 0.25) is 0 Å². The summed E-state index contributed by atoms with van der Waals surface area (Å²) in [5.41, 5.74) is 0.0742. The van der Waals surface area contributed by atoms with E-state index in [-0.39, 0.29) is 36.7 Å². The number of hydrogen-bond acceptors (Lipinski definition) is 5. The average Bonchev–Trinajstić information content (AvgIpc) is 2.86. The van der Waals surface area contributed by atoms with Crippen molar-refractivity contribution in [2.75, 3.05) is 53.0 Å². The molecule has 2 fully saturated rings. The van der Waals surface area contributed by atoms with Gasteiger partial charge in [-0.25, -0.2) is 18.4 Å². The fraction of sp³-hybridized carbons (Fsp3) is 0.680. The molecule has 3 rings (SSSR count). The van der Waals surface area contributed by atoms with Crippen molar-refractivity contribution in [1.82, 2.24) is 20.9 Å². The van der Waals surface area contributed by atoms with E-state index in [1.54, 1.807) is 4.90 Å². The number of nitrogens with one attached hydrogen (secondary N) is 3. The van der Waals surface area contributed by atoms with Gasteiger partial charge in [0.25, 0.3) is 0 Å². The predicted octanol–water partition coefficient (Wildman–Crippen LogP) is 3.12. The van der Waals surface area contributed by atoms with E-state index in [0.717, 1.165) is 50.7 Å². The summed E-state index contributed by atoms with van der Waals surface area (Å²) < 4.78 is 40.0. The van der Waals surface area contributed by atoms with Crippen LogP contribution in [0.3, 0.4) is 0 Å². The molecule has 9 nitrogen and oxygen atoms in total. The molecule has 11 heteroatoms. The van der Waals surface area contributed by atoms with Crippen LogP contribution in [0.4, 0.5) is 18.4 Å². The van der Waals surface area contributed by atoms with E-state index in [1.165, 1.54) is 0 Å². The Morgan fingerprint density at radius 2 is 2.03 bits per heavy atom. The Labute approximate surface area is 210 Å². The van der Waals surface area contributed by atoms with Crippen molar-refractivity contribution in [2.24, 2.45) is 11.8 Å². The number of nitrogens with zero attached hydrogens (tertiary/aromatic N) is 1. The molecule has 0 bridgehead atoms. The molecular weight excluding hydrogens is 474 g/mol. The molecule has 1 aromatic carbocycles. The maximum Gasteiger partial charge on any atom is 0.404 e. The zero-order valence-electron chi connectivity index (χ0n) is 20.8. The van der Waals surface area contributed by atoms with E-state index in [2.05, 4.69) is 16.0 Å². The summed E-state index contributed by atoms with van der Waals surface area (Å²) >= 11 is 0. The number of benzene rings is 1. The number of carbonyl (C=O) groups is 2. The zero-order valence-corrected chi connectivity index (χ0v) is 20.8. The maximum atomic E-state index is 14.7. The van der Waals surface area contributed by atoms with Crippen molar-refractivity contribution in [2.45, 2.75) is 44.2 Å². The predicted molar refractivity (Wildman–Crippen MR) is 130 cm³/mol. The summed E-state index contributed by atoms with van der Waals surface area (Å²) in [6.07, 6.45) is 2.18. The smallest absolute Gasteiger partial charge is 0.404 e. The molecule has 2 heterocycles. The molecule has 0 spiro atoms. The molecule has 2 aliphatic heterocycles. The first-order chi connectivity index (χ1) is 17.4. The minimum atomic E-state index is -1.19. The number of amides is 3. The highest BCUT2D eigenvalue weighted by Crippen LogP contribution is 2.34. The van der Waals surface area contributed by atoms with Gasteiger partial charge in [-0.15, -0.1) is 0 Å². The second kappa shape index (κ2) is 14.3. The first kappa shape index (κ1) is 28.1. The number of ether oxygens (including phenoxy) is 2. The number of likely N-dealkylation sites (N-methyl/N-ethyl adjacent to an activating group) is 1. The number of carboxylic acid groups (broad SMARTS) is 1. The third-order valence-electron chi connectivity index (χ3n) is 6.85. The summed E-state index contributed by atoms with van der Waals surface area (Å²) in [5.74, 6) is -0.958. The van der Waals surface area contributed by atoms with Gasteiger partial charge in [0.05, 0.1) is 12.7 Å². The Morgan fingerprint density at radius 1 is 1.25 bits per heavy atom. The van der Waals surface area contributed by atoms with Crippen LogP contribution in [0.15, 0.2) is 18.2 Å². The third-order valence-corrected chi connectivity index (χ3v) is 6.85. The lowest BCUT2D eigenvalue weighted by molar-refractivity contribution is -0.0107. The minimum absolute atomic E-state index is 0.00897. The standard InChI is InChI=1S/C25H38F2N4O5/c1-28-15-20(13-17-6-10-35-11-7-17)30-24(32)31-9-2-3-18(16-31)23(36-12-8-29-25(33)34)21-14-19(26)4-5-22(21)27/h4-5,14,17-18,20,23,28-29H,2-3,6-13,15-16H2,1H3,(H,30,32)(H,33,34)/t18-,20+,23?/m1/s1. The van der Waals surface area contributed by atoms with Gasteiger partial charge in [-0.05, 0) is 63.3 Å². The van der Waals surface area contributed by atoms with Crippen LogP contribution < -0.4 is 16.0 Å². The van der Waals surface area contributed by atoms with Gasteiger partial charge < -0.3 is 35.4 Å². The Balaban J connectivity index is 1.66. The van der Waals surface area contributed by atoms with Crippen molar-refractivity contribution < 1.29 is 33.0 Å². The molecule has 36 heavy (non-hydrogen) atoms. The summed E-state index contributed by atoms with van der Waals surface area (Å²) in [6, 6.07) is 3.00. The van der Waals surface area contributed by atoms with Crippen LogP contribution in [0.5, 0.6) is 0 Å². The number of likely N-dealkylation sites (tertiary alicyclic amines) is 1. The van der Waals surface area contributed by atoms with Crippen LogP contribution in [0, 0.1) is 23.5 Å². The molecule has 4 N–H and O–H groups in total. The van der Waals surface area contributed by atoms with Crippen LogP contribution in [-0.4, -0.2) is 81.2 Å². The Kier molecular flexibility index (Phi) is 11.1. The van der Waals surface area contributed by atoms with Gasteiger partial charge in [-0.2, -0.15) is 0 Å². The van der Waals surface area contributed by atoms with Gasteiger partial charge in [0, 0.05) is 56.9 Å². The molecule has 0 aliphatic carbocycles. The number of hydrogen-bond donors (Lipinski definition) is 4. The van der Waals surface area contributed by atoms with E-state index < -0.39 is 23.8 Å². The minimum Gasteiger partial charge on any atom is -0.465 e. The number of halogens is 2. The van der Waals surface area contributed by atoms with E-state index in [9.17, 15) is 18.4 Å². The molecule has 3 atom stereocenters. The molecule has 2 aliphatic rings. The second-order valence-corrected chi connectivity index (χ2v) is 9.53. The number of rotatable bonds is 11. The van der Waals surface area contributed by atoms with Crippen LogP contribution in [0.25, 0.3) is 0 Å². The molecule has 1 unspecified atom stereocenters. The molecule has 1 aromatic rings. The largest absolute Gasteiger partial charge is 0.465 e. The van der Waals surface area contributed by atoms with Crippen LogP contribution in [0.1, 0.15) is 43.8 Å². The molecule has 0 saturated carbocycles. The van der Waals surface area contributed by atoms with E-state index in [4.69, 9.17) is 14.6 Å². The van der Waals surface area contributed by atoms with E-state index >= 15 is 0 Å². The Bertz CT molecular complexity index is 856. The van der Waals surface area contributed by atoms with E-state index in [1.807, 2.05) is 7.05 Å². The highest BCUT2D eigenvalue weighted by Gasteiger charge is 2.33. The zero-order chi connectivity index (χ0) is 25.9. The fourth-order valence-electron chi connectivity index (χ4n) is 5.09. The lowest BCUT2D eigenvalue weighted by Gasteiger charge is -2.38. The molecule has 2 saturated heterocycles. The van der Waals surface area contributed by atoms with Crippen LogP contribution >= 0.6 is 0 Å². The quantitative estimate of drug-likeness (QED) is 0.339. The van der Waals surface area contributed by atoms with Crippen LogP contribution in [-0.2, 0) is 9.47 Å². The summed E-state index contributed by atoms with van der Waals surface area (Å²) in [4.78, 5) is 25.7. The molecule has 0 radical (unpaired) electrons. The van der Waals surface area contributed by atoms with Crippen molar-refractivity contribution >= 4 is 12.1 Å². The first-order valence-corrected chi connectivity index (χ1v) is 12.7.